The quantitative estimate of drug-likeness (QED) is 0.0992. The third-order valence-electron chi connectivity index (χ3n) is 5.37. The molecule has 0 bridgehead atoms. The van der Waals surface area contributed by atoms with E-state index in [2.05, 4.69) is 19.1 Å². The second-order valence-corrected chi connectivity index (χ2v) is 8.38. The second-order valence-electron chi connectivity index (χ2n) is 7.84. The van der Waals surface area contributed by atoms with Gasteiger partial charge in [0.25, 0.3) is 0 Å². The number of allylic oxidation sites excluding steroid dienone is 2. The molecule has 0 heterocycles. The maximum absolute atomic E-state index is 11.8. The molecule has 180 valence electrons. The summed E-state index contributed by atoms with van der Waals surface area (Å²) >= 11 is 0. The Balaban J connectivity index is 0. The molecule has 0 aliphatic carbocycles. The smallest absolute Gasteiger partial charge is 0.324 e. The molecule has 0 aromatic rings. The molecule has 0 fully saturated rings. The van der Waals surface area contributed by atoms with E-state index in [9.17, 15) is 15.0 Å². The van der Waals surface area contributed by atoms with Gasteiger partial charge in [0.2, 0.25) is 5.91 Å². The van der Waals surface area contributed by atoms with E-state index < -0.39 is 19.9 Å². The molecule has 7 nitrogen and oxygen atoms in total. The average molecular weight is 452 g/mol. The van der Waals surface area contributed by atoms with Gasteiger partial charge in [-0.1, -0.05) is 70.4 Å². The minimum absolute atomic E-state index is 0.0632. The van der Waals surface area contributed by atoms with E-state index in [1.165, 1.54) is 51.4 Å². The third kappa shape index (κ3) is 20.7. The number of aliphatic hydroxyl groups is 2. The molecule has 0 unspecified atom stereocenters. The molecule has 0 atom stereocenters. The Hall–Kier alpha value is -0.560. The minimum atomic E-state index is -2.62. The highest BCUT2D eigenvalue weighted by Gasteiger charge is 2.34. The molecule has 0 radical (unpaired) electrons. The zero-order valence-corrected chi connectivity index (χ0v) is 19.7. The van der Waals surface area contributed by atoms with Crippen LogP contribution in [0.3, 0.4) is 0 Å². The van der Waals surface area contributed by atoms with Gasteiger partial charge < -0.3 is 30.6 Å². The van der Waals surface area contributed by atoms with Crippen molar-refractivity contribution < 1.29 is 29.7 Å². The summed E-state index contributed by atoms with van der Waals surface area (Å²) in [6, 6.07) is 0. The van der Waals surface area contributed by atoms with Gasteiger partial charge in [-0.2, -0.15) is 0 Å². The fraction of sp³-hybridized carbons (Fsp3) is 0.864. The maximum atomic E-state index is 11.8. The number of carbonyl (C=O) groups excluding carboxylic acids is 1. The van der Waals surface area contributed by atoms with Crippen molar-refractivity contribution in [3.05, 3.63) is 12.2 Å². The predicted molar refractivity (Wildman–Crippen MR) is 123 cm³/mol. The third-order valence-corrected chi connectivity index (χ3v) is 5.37. The highest BCUT2D eigenvalue weighted by atomic mass is 31.2. The molecule has 8 heteroatoms. The van der Waals surface area contributed by atoms with E-state index in [0.717, 1.165) is 25.7 Å². The van der Waals surface area contributed by atoms with Crippen LogP contribution in [-0.2, 0) is 4.79 Å². The summed E-state index contributed by atoms with van der Waals surface area (Å²) < 4.78 is 0. The molecule has 0 saturated carbocycles. The number of hydrogen-bond donors (Lipinski definition) is 6. The van der Waals surface area contributed by atoms with Gasteiger partial charge in [0.15, 0.2) is 0 Å². The van der Waals surface area contributed by atoms with Gasteiger partial charge in [-0.25, -0.2) is 0 Å². The Kier molecular flexibility index (Phi) is 24.4. The van der Waals surface area contributed by atoms with E-state index in [1.54, 1.807) is 0 Å². The van der Waals surface area contributed by atoms with Crippen molar-refractivity contribution in [1.82, 2.24) is 0 Å². The normalized spacial score (nSPS) is 11.7. The van der Waals surface area contributed by atoms with Crippen molar-refractivity contribution in [2.45, 2.75) is 103 Å². The van der Waals surface area contributed by atoms with Crippen molar-refractivity contribution in [2.24, 2.45) is 11.1 Å². The Morgan fingerprint density at radius 3 is 1.57 bits per heavy atom. The summed E-state index contributed by atoms with van der Waals surface area (Å²) in [4.78, 5) is 33.5. The number of amides is 1. The van der Waals surface area contributed by atoms with Crippen molar-refractivity contribution in [1.29, 1.82) is 0 Å². The zero-order chi connectivity index (χ0) is 23.1. The fourth-order valence-electron chi connectivity index (χ4n) is 3.53. The van der Waals surface area contributed by atoms with Crippen LogP contribution in [0.15, 0.2) is 12.2 Å². The molecule has 0 aliphatic rings. The second kappa shape index (κ2) is 23.1. The van der Waals surface area contributed by atoms with Crippen LogP contribution in [-0.4, -0.2) is 44.0 Å². The Morgan fingerprint density at radius 1 is 0.767 bits per heavy atom. The van der Waals surface area contributed by atoms with Gasteiger partial charge in [0.05, 0.1) is 5.41 Å². The van der Waals surface area contributed by atoms with E-state index in [-0.39, 0.29) is 13.2 Å². The molecule has 0 rings (SSSR count). The van der Waals surface area contributed by atoms with E-state index >= 15 is 0 Å². The molecule has 0 aromatic carbocycles. The Labute approximate surface area is 184 Å². The summed E-state index contributed by atoms with van der Waals surface area (Å²) in [6.45, 7) is 2.12. The highest BCUT2D eigenvalue weighted by molar-refractivity contribution is 7.38. The number of unbranched alkanes of at least 4 members (excludes halogenated alkanes) is 10. The number of hydrogen-bond acceptors (Lipinski definition) is 6. The first-order valence-electron chi connectivity index (χ1n) is 11.4. The van der Waals surface area contributed by atoms with Crippen LogP contribution < -0.4 is 5.73 Å². The zero-order valence-electron chi connectivity index (χ0n) is 18.8. The van der Waals surface area contributed by atoms with E-state index in [1.807, 2.05) is 0 Å². The Bertz CT molecular complexity index is 398. The number of nitrogens with two attached hydrogens (primary N) is 1. The van der Waals surface area contributed by atoms with Crippen LogP contribution in [0.2, 0.25) is 0 Å². The van der Waals surface area contributed by atoms with Gasteiger partial charge in [0.1, 0.15) is 0 Å². The lowest BCUT2D eigenvalue weighted by atomic mass is 9.76. The predicted octanol–water partition coefficient (Wildman–Crippen LogP) is 4.06. The van der Waals surface area contributed by atoms with Crippen molar-refractivity contribution in [2.75, 3.05) is 13.2 Å². The van der Waals surface area contributed by atoms with Gasteiger partial charge in [0, 0.05) is 13.2 Å². The molecule has 7 N–H and O–H groups in total. The Morgan fingerprint density at radius 2 is 1.17 bits per heavy atom. The SMILES string of the molecule is CCCCCCCCC=CCCCCCCC(CCO)(CCO)C(N)=O.OP(O)O. The number of carbonyl (C=O) groups is 1. The lowest BCUT2D eigenvalue weighted by molar-refractivity contribution is -0.130. The lowest BCUT2D eigenvalue weighted by Gasteiger charge is -2.29. The minimum Gasteiger partial charge on any atom is -0.396 e. The van der Waals surface area contributed by atoms with Gasteiger partial charge in [-0.15, -0.1) is 0 Å². The summed E-state index contributed by atoms with van der Waals surface area (Å²) in [7, 11) is -2.62. The molecular formula is C22H46NO6P. The molecule has 0 saturated heterocycles. The molecule has 0 aliphatic heterocycles. The summed E-state index contributed by atoms with van der Waals surface area (Å²) in [5.74, 6) is -0.391. The van der Waals surface area contributed by atoms with Gasteiger partial charge >= 0.3 is 8.60 Å². The molecule has 0 aromatic heterocycles. The summed E-state index contributed by atoms with van der Waals surface area (Å²) in [5.41, 5.74) is 4.79. The van der Waals surface area contributed by atoms with Crippen LogP contribution in [0.1, 0.15) is 103 Å². The van der Waals surface area contributed by atoms with Crippen molar-refractivity contribution in [3.8, 4) is 0 Å². The molecule has 1 amide bonds. The monoisotopic (exact) mass is 451 g/mol. The molecular weight excluding hydrogens is 405 g/mol. The average Bonchev–Trinajstić information content (AvgIpc) is 2.68. The first-order chi connectivity index (χ1) is 14.4. The van der Waals surface area contributed by atoms with Crippen molar-refractivity contribution >= 4 is 14.5 Å². The standard InChI is InChI=1S/C22H43NO3.H3O3P/c1-2-3-4-5-6-7-8-9-10-11-12-13-14-15-16-22(17-19-24,18-20-25)21(23)26;1-4(2)3/h9-10,24-25H,2-8,11-20H2,1H3,(H2,23,26);1-3H. The fourth-order valence-corrected chi connectivity index (χ4v) is 3.53. The van der Waals surface area contributed by atoms with E-state index in [4.69, 9.17) is 20.4 Å². The highest BCUT2D eigenvalue weighted by Crippen LogP contribution is 2.32. The van der Waals surface area contributed by atoms with Crippen LogP contribution in [0.25, 0.3) is 0 Å². The van der Waals surface area contributed by atoms with Crippen LogP contribution in [0.5, 0.6) is 0 Å². The van der Waals surface area contributed by atoms with Crippen molar-refractivity contribution in [3.63, 3.8) is 0 Å². The first-order valence-corrected chi connectivity index (χ1v) is 12.6. The number of primary amides is 1. The lowest BCUT2D eigenvalue weighted by Crippen LogP contribution is -2.39. The van der Waals surface area contributed by atoms with Crippen LogP contribution in [0, 0.1) is 5.41 Å². The van der Waals surface area contributed by atoms with E-state index in [0.29, 0.717) is 19.3 Å². The number of aliphatic hydroxyl groups excluding tert-OH is 2. The summed E-state index contributed by atoms with van der Waals surface area (Å²) in [5, 5.41) is 18.4. The maximum Gasteiger partial charge on any atom is 0.324 e. The molecule has 0 spiro atoms. The molecule has 30 heavy (non-hydrogen) atoms. The largest absolute Gasteiger partial charge is 0.396 e. The summed E-state index contributed by atoms with van der Waals surface area (Å²) in [6.07, 6.45) is 20.7. The topological polar surface area (TPSA) is 144 Å². The number of rotatable bonds is 19. The van der Waals surface area contributed by atoms with Gasteiger partial charge in [-0.3, -0.25) is 4.79 Å². The van der Waals surface area contributed by atoms with Crippen LogP contribution >= 0.6 is 8.60 Å². The first kappa shape index (κ1) is 31.6. The van der Waals surface area contributed by atoms with Crippen LogP contribution in [0.4, 0.5) is 0 Å². The van der Waals surface area contributed by atoms with Gasteiger partial charge in [-0.05, 0) is 44.9 Å².